The van der Waals surface area contributed by atoms with Gasteiger partial charge in [0.05, 0.1) is 0 Å². The molecule has 0 heteroatoms. The minimum Gasteiger partial charge on any atom is -0.0617 e. The van der Waals surface area contributed by atoms with E-state index in [0.717, 1.165) is 0 Å². The molecule has 1 aliphatic carbocycles. The number of aryl methyl sites for hydroxylation is 2. The van der Waals surface area contributed by atoms with E-state index < -0.39 is 0 Å². The fraction of sp³-hybridized carbons (Fsp3) is 0.294. The van der Waals surface area contributed by atoms with E-state index in [1.165, 1.54) is 33.4 Å². The molecule has 0 radical (unpaired) electrons. The molecule has 0 fully saturated rings. The van der Waals surface area contributed by atoms with Crippen molar-refractivity contribution < 1.29 is 0 Å². The minimum absolute atomic E-state index is 0.142. The van der Waals surface area contributed by atoms with Crippen LogP contribution in [0.4, 0.5) is 0 Å². The Labute approximate surface area is 103 Å². The molecule has 0 spiro atoms. The van der Waals surface area contributed by atoms with Gasteiger partial charge in [-0.05, 0) is 47.2 Å². The first-order valence-electron chi connectivity index (χ1n) is 6.24. The van der Waals surface area contributed by atoms with Crippen LogP contribution in [0.2, 0.25) is 0 Å². The lowest BCUT2D eigenvalue weighted by atomic mass is 9.82. The van der Waals surface area contributed by atoms with E-state index in [1.54, 1.807) is 0 Å². The first-order chi connectivity index (χ1) is 8.03. The first-order valence-corrected chi connectivity index (χ1v) is 6.24. The van der Waals surface area contributed by atoms with E-state index >= 15 is 0 Å². The van der Waals surface area contributed by atoms with Gasteiger partial charge in [0.15, 0.2) is 0 Å². The number of hydrogen-bond donors (Lipinski definition) is 0. The second kappa shape index (κ2) is 3.22. The molecule has 2 aromatic carbocycles. The molecule has 0 amide bonds. The summed E-state index contributed by atoms with van der Waals surface area (Å²) in [6.45, 7) is 9.10. The highest BCUT2D eigenvalue weighted by Crippen LogP contribution is 2.50. The van der Waals surface area contributed by atoms with Gasteiger partial charge in [-0.25, -0.2) is 0 Å². The second-order valence-electron chi connectivity index (χ2n) is 5.62. The van der Waals surface area contributed by atoms with Crippen LogP contribution in [0.25, 0.3) is 11.1 Å². The molecule has 0 nitrogen and oxygen atoms in total. The highest BCUT2D eigenvalue weighted by atomic mass is 14.4. The average molecular weight is 222 g/mol. The Hall–Kier alpha value is -1.56. The van der Waals surface area contributed by atoms with Crippen molar-refractivity contribution in [1.29, 1.82) is 0 Å². The number of hydrogen-bond acceptors (Lipinski definition) is 0. The van der Waals surface area contributed by atoms with Crippen LogP contribution in [-0.2, 0) is 5.41 Å². The largest absolute Gasteiger partial charge is 0.0617 e. The summed E-state index contributed by atoms with van der Waals surface area (Å²) in [4.78, 5) is 0. The van der Waals surface area contributed by atoms with Gasteiger partial charge in [0, 0.05) is 5.41 Å². The van der Waals surface area contributed by atoms with Crippen molar-refractivity contribution in [3.8, 4) is 11.1 Å². The maximum absolute atomic E-state index is 2.33. The van der Waals surface area contributed by atoms with Crippen molar-refractivity contribution in [2.75, 3.05) is 0 Å². The van der Waals surface area contributed by atoms with Gasteiger partial charge in [-0.2, -0.15) is 0 Å². The highest BCUT2D eigenvalue weighted by molar-refractivity contribution is 5.84. The molecule has 0 aliphatic heterocycles. The standard InChI is InChI=1S/C17H18/c1-11-7-5-9-13-15(11)16-12(2)8-6-10-14(16)17(13,3)4/h5-10H,1-4H3. The van der Waals surface area contributed by atoms with Gasteiger partial charge >= 0.3 is 0 Å². The number of fused-ring (bicyclic) bond motifs is 3. The zero-order chi connectivity index (χ0) is 12.2. The van der Waals surface area contributed by atoms with Gasteiger partial charge in [-0.15, -0.1) is 0 Å². The summed E-state index contributed by atoms with van der Waals surface area (Å²) in [5.74, 6) is 0. The molecular weight excluding hydrogens is 204 g/mol. The monoisotopic (exact) mass is 222 g/mol. The maximum Gasteiger partial charge on any atom is 0.0159 e. The summed E-state index contributed by atoms with van der Waals surface area (Å²) in [6, 6.07) is 13.4. The summed E-state index contributed by atoms with van der Waals surface area (Å²) >= 11 is 0. The topological polar surface area (TPSA) is 0 Å². The van der Waals surface area contributed by atoms with E-state index in [4.69, 9.17) is 0 Å². The number of rotatable bonds is 0. The van der Waals surface area contributed by atoms with Crippen LogP contribution in [-0.4, -0.2) is 0 Å². The molecule has 0 bridgehead atoms. The van der Waals surface area contributed by atoms with Crippen LogP contribution >= 0.6 is 0 Å². The lowest BCUT2D eigenvalue weighted by molar-refractivity contribution is 0.660. The molecule has 0 N–H and O–H groups in total. The van der Waals surface area contributed by atoms with Crippen molar-refractivity contribution in [1.82, 2.24) is 0 Å². The molecule has 0 saturated heterocycles. The fourth-order valence-corrected chi connectivity index (χ4v) is 3.19. The molecule has 1 aliphatic rings. The van der Waals surface area contributed by atoms with Crippen LogP contribution in [0.15, 0.2) is 36.4 Å². The van der Waals surface area contributed by atoms with E-state index in [0.29, 0.717) is 0 Å². The Bertz CT molecular complexity index is 550. The molecule has 3 rings (SSSR count). The minimum atomic E-state index is 0.142. The number of benzene rings is 2. The summed E-state index contributed by atoms with van der Waals surface area (Å²) < 4.78 is 0. The van der Waals surface area contributed by atoms with Crippen LogP contribution < -0.4 is 0 Å². The molecule has 2 aromatic rings. The van der Waals surface area contributed by atoms with Crippen molar-refractivity contribution in [2.45, 2.75) is 33.1 Å². The van der Waals surface area contributed by atoms with Crippen LogP contribution in [0.5, 0.6) is 0 Å². The third-order valence-corrected chi connectivity index (χ3v) is 4.14. The van der Waals surface area contributed by atoms with Gasteiger partial charge in [0.2, 0.25) is 0 Å². The maximum atomic E-state index is 2.33. The predicted octanol–water partition coefficient (Wildman–Crippen LogP) is 4.61. The van der Waals surface area contributed by atoms with Crippen molar-refractivity contribution in [3.05, 3.63) is 58.7 Å². The Kier molecular flexibility index (Phi) is 2.01. The molecule has 0 aromatic heterocycles. The zero-order valence-electron chi connectivity index (χ0n) is 11.0. The molecule has 86 valence electrons. The highest BCUT2D eigenvalue weighted by Gasteiger charge is 2.36. The fourth-order valence-electron chi connectivity index (χ4n) is 3.19. The van der Waals surface area contributed by atoms with Crippen molar-refractivity contribution >= 4 is 0 Å². The van der Waals surface area contributed by atoms with Crippen molar-refractivity contribution in [3.63, 3.8) is 0 Å². The Balaban J connectivity index is 2.49. The molecular formula is C17H18. The van der Waals surface area contributed by atoms with Crippen LogP contribution in [0, 0.1) is 13.8 Å². The van der Waals surface area contributed by atoms with Gasteiger partial charge in [0.1, 0.15) is 0 Å². The van der Waals surface area contributed by atoms with Gasteiger partial charge in [-0.1, -0.05) is 50.2 Å². The third-order valence-electron chi connectivity index (χ3n) is 4.14. The third kappa shape index (κ3) is 1.24. The first kappa shape index (κ1) is 10.6. The van der Waals surface area contributed by atoms with Crippen LogP contribution in [0.3, 0.4) is 0 Å². The summed E-state index contributed by atoms with van der Waals surface area (Å²) in [7, 11) is 0. The van der Waals surface area contributed by atoms with E-state index in [2.05, 4.69) is 64.1 Å². The van der Waals surface area contributed by atoms with Crippen LogP contribution in [0.1, 0.15) is 36.1 Å². The van der Waals surface area contributed by atoms with E-state index in [1.807, 2.05) is 0 Å². The van der Waals surface area contributed by atoms with Gasteiger partial charge in [-0.3, -0.25) is 0 Å². The predicted molar refractivity (Wildman–Crippen MR) is 73.5 cm³/mol. The lowest BCUT2D eigenvalue weighted by Gasteiger charge is -2.21. The SMILES string of the molecule is Cc1cccc2c1-c1c(C)cccc1C2(C)C. The van der Waals surface area contributed by atoms with E-state index in [9.17, 15) is 0 Å². The van der Waals surface area contributed by atoms with Gasteiger partial charge < -0.3 is 0 Å². The van der Waals surface area contributed by atoms with Crippen molar-refractivity contribution in [2.24, 2.45) is 0 Å². The molecule has 0 heterocycles. The van der Waals surface area contributed by atoms with E-state index in [-0.39, 0.29) is 5.41 Å². The Morgan fingerprint density at radius 2 is 1.12 bits per heavy atom. The lowest BCUT2D eigenvalue weighted by Crippen LogP contribution is -2.14. The quantitative estimate of drug-likeness (QED) is 0.610. The smallest absolute Gasteiger partial charge is 0.0159 e. The summed E-state index contributed by atoms with van der Waals surface area (Å²) in [6.07, 6.45) is 0. The Morgan fingerprint density at radius 3 is 1.53 bits per heavy atom. The summed E-state index contributed by atoms with van der Waals surface area (Å²) in [5.41, 5.74) is 8.80. The zero-order valence-corrected chi connectivity index (χ0v) is 11.0. The molecule has 0 unspecified atom stereocenters. The Morgan fingerprint density at radius 1 is 0.706 bits per heavy atom. The average Bonchev–Trinajstić information content (AvgIpc) is 2.52. The molecule has 17 heavy (non-hydrogen) atoms. The molecule has 0 atom stereocenters. The second-order valence-corrected chi connectivity index (χ2v) is 5.62. The molecule has 0 saturated carbocycles. The normalized spacial score (nSPS) is 15.5. The summed E-state index contributed by atoms with van der Waals surface area (Å²) in [5, 5.41) is 0. The van der Waals surface area contributed by atoms with Gasteiger partial charge in [0.25, 0.3) is 0 Å².